The lowest BCUT2D eigenvalue weighted by Crippen LogP contribution is -1.95. The van der Waals surface area contributed by atoms with Crippen LogP contribution in [0, 0.1) is 0 Å². The molecule has 2 heteroatoms. The summed E-state index contributed by atoms with van der Waals surface area (Å²) in [4.78, 5) is 11.4. The Bertz CT molecular complexity index is 612. The van der Waals surface area contributed by atoms with Gasteiger partial charge in [0.1, 0.15) is 5.75 Å². The first-order valence-corrected chi connectivity index (χ1v) is 5.46. The van der Waals surface area contributed by atoms with Crippen LogP contribution in [0.2, 0.25) is 0 Å². The second kappa shape index (κ2) is 3.08. The second-order valence-electron chi connectivity index (χ2n) is 4.33. The van der Waals surface area contributed by atoms with Gasteiger partial charge in [0, 0.05) is 5.39 Å². The lowest BCUT2D eigenvalue weighted by molar-refractivity contribution is 0.101. The predicted molar refractivity (Wildman–Crippen MR) is 63.0 cm³/mol. The average molecular weight is 212 g/mol. The Kier molecular flexibility index (Phi) is 1.81. The predicted octanol–water partition coefficient (Wildman–Crippen LogP) is 2.85. The van der Waals surface area contributed by atoms with Crippen molar-refractivity contribution >= 4 is 16.6 Å². The van der Waals surface area contributed by atoms with E-state index >= 15 is 0 Å². The molecule has 2 nitrogen and oxygen atoms in total. The van der Waals surface area contributed by atoms with E-state index in [1.54, 1.807) is 0 Å². The topological polar surface area (TPSA) is 37.3 Å². The molecule has 2 aromatic carbocycles. The molecule has 1 aliphatic rings. The van der Waals surface area contributed by atoms with Crippen LogP contribution < -0.4 is 0 Å². The second-order valence-corrected chi connectivity index (χ2v) is 4.33. The van der Waals surface area contributed by atoms with E-state index in [4.69, 9.17) is 0 Å². The fourth-order valence-electron chi connectivity index (χ4n) is 2.58. The Hall–Kier alpha value is -1.83. The Morgan fingerprint density at radius 3 is 2.75 bits per heavy atom. The van der Waals surface area contributed by atoms with E-state index in [0.717, 1.165) is 23.6 Å². The van der Waals surface area contributed by atoms with E-state index in [0.29, 0.717) is 5.56 Å². The van der Waals surface area contributed by atoms with E-state index < -0.39 is 0 Å². The fourth-order valence-corrected chi connectivity index (χ4v) is 2.58. The third kappa shape index (κ3) is 1.10. The van der Waals surface area contributed by atoms with Crippen molar-refractivity contribution < 1.29 is 9.90 Å². The Morgan fingerprint density at radius 2 is 2.00 bits per heavy atom. The van der Waals surface area contributed by atoms with Crippen molar-refractivity contribution in [2.45, 2.75) is 19.8 Å². The summed E-state index contributed by atoms with van der Waals surface area (Å²) in [6.07, 6.45) is 1.98. The molecule has 0 amide bonds. The Labute approximate surface area is 93.5 Å². The van der Waals surface area contributed by atoms with Crippen molar-refractivity contribution in [1.82, 2.24) is 0 Å². The molecule has 0 aliphatic heterocycles. The summed E-state index contributed by atoms with van der Waals surface area (Å²) in [6, 6.07) is 7.76. The van der Waals surface area contributed by atoms with Gasteiger partial charge in [-0.2, -0.15) is 0 Å². The summed E-state index contributed by atoms with van der Waals surface area (Å²) < 4.78 is 0. The average Bonchev–Trinajstić information content (AvgIpc) is 2.67. The molecule has 0 unspecified atom stereocenters. The number of aromatic hydroxyl groups is 1. The zero-order chi connectivity index (χ0) is 11.3. The summed E-state index contributed by atoms with van der Waals surface area (Å²) in [6.45, 7) is 1.49. The molecular weight excluding hydrogens is 200 g/mol. The lowest BCUT2D eigenvalue weighted by Gasteiger charge is -2.08. The van der Waals surface area contributed by atoms with Crippen LogP contribution in [0.4, 0.5) is 0 Å². The first kappa shape index (κ1) is 9.40. The van der Waals surface area contributed by atoms with Crippen molar-refractivity contribution in [3.05, 3.63) is 41.0 Å². The van der Waals surface area contributed by atoms with Crippen molar-refractivity contribution in [3.8, 4) is 5.75 Å². The quantitative estimate of drug-likeness (QED) is 0.738. The van der Waals surface area contributed by atoms with E-state index in [2.05, 4.69) is 6.07 Å². The van der Waals surface area contributed by atoms with Crippen LogP contribution in [0.15, 0.2) is 24.3 Å². The molecule has 3 rings (SSSR count). The van der Waals surface area contributed by atoms with Crippen LogP contribution in [0.5, 0.6) is 5.75 Å². The molecule has 0 aromatic heterocycles. The molecule has 0 spiro atoms. The monoisotopic (exact) mass is 212 g/mol. The highest BCUT2D eigenvalue weighted by Gasteiger charge is 2.20. The number of phenols is 1. The van der Waals surface area contributed by atoms with Gasteiger partial charge in [0.05, 0.1) is 5.56 Å². The Balaban J connectivity index is 2.48. The summed E-state index contributed by atoms with van der Waals surface area (Å²) in [5, 5.41) is 12.0. The standard InChI is InChI=1S/C14H12O2/c1-8(15)12-7-10-6-5-9-3-2-4-11(13(9)10)14(12)16/h2-4,7,16H,5-6H2,1H3. The SMILES string of the molecule is CC(=O)c1cc2c3c(cccc3c1O)CC2. The number of carbonyl (C=O) groups excluding carboxylic acids is 1. The molecule has 0 saturated heterocycles. The molecule has 0 bridgehead atoms. The van der Waals surface area contributed by atoms with Gasteiger partial charge >= 0.3 is 0 Å². The van der Waals surface area contributed by atoms with Crippen LogP contribution in [0.3, 0.4) is 0 Å². The number of rotatable bonds is 1. The van der Waals surface area contributed by atoms with E-state index in [9.17, 15) is 9.90 Å². The number of phenolic OH excluding ortho intramolecular Hbond substituents is 1. The largest absolute Gasteiger partial charge is 0.507 e. The maximum absolute atomic E-state index is 11.4. The first-order chi connectivity index (χ1) is 7.68. The van der Waals surface area contributed by atoms with Crippen molar-refractivity contribution in [1.29, 1.82) is 0 Å². The number of aryl methyl sites for hydroxylation is 2. The minimum absolute atomic E-state index is 0.0760. The van der Waals surface area contributed by atoms with Gasteiger partial charge in [0.2, 0.25) is 0 Å². The van der Waals surface area contributed by atoms with Crippen LogP contribution in [-0.2, 0) is 12.8 Å². The van der Waals surface area contributed by atoms with Crippen LogP contribution in [-0.4, -0.2) is 10.9 Å². The van der Waals surface area contributed by atoms with Gasteiger partial charge < -0.3 is 5.11 Å². The number of Topliss-reactive ketones (excluding diaryl/α,β-unsaturated/α-hetero) is 1. The molecule has 1 aliphatic carbocycles. The van der Waals surface area contributed by atoms with Crippen molar-refractivity contribution in [3.63, 3.8) is 0 Å². The maximum Gasteiger partial charge on any atom is 0.163 e. The maximum atomic E-state index is 11.4. The van der Waals surface area contributed by atoms with E-state index in [-0.39, 0.29) is 11.5 Å². The third-order valence-corrected chi connectivity index (χ3v) is 3.34. The van der Waals surface area contributed by atoms with Gasteiger partial charge in [0.25, 0.3) is 0 Å². The molecule has 0 fully saturated rings. The summed E-state index contributed by atoms with van der Waals surface area (Å²) in [7, 11) is 0. The molecule has 0 atom stereocenters. The Morgan fingerprint density at radius 1 is 1.25 bits per heavy atom. The molecule has 0 heterocycles. The molecular formula is C14H12O2. The third-order valence-electron chi connectivity index (χ3n) is 3.34. The number of hydrogen-bond acceptors (Lipinski definition) is 2. The fraction of sp³-hybridized carbons (Fsp3) is 0.214. The summed E-state index contributed by atoms with van der Waals surface area (Å²) >= 11 is 0. The number of ketones is 1. The molecule has 16 heavy (non-hydrogen) atoms. The zero-order valence-corrected chi connectivity index (χ0v) is 9.08. The van der Waals surface area contributed by atoms with Crippen molar-refractivity contribution in [2.24, 2.45) is 0 Å². The highest BCUT2D eigenvalue weighted by molar-refractivity contribution is 6.06. The molecule has 1 N–H and O–H groups in total. The van der Waals surface area contributed by atoms with Crippen LogP contribution in [0.25, 0.3) is 10.8 Å². The molecule has 80 valence electrons. The van der Waals surface area contributed by atoms with Crippen molar-refractivity contribution in [2.75, 3.05) is 0 Å². The van der Waals surface area contributed by atoms with E-state index in [1.807, 2.05) is 18.2 Å². The van der Waals surface area contributed by atoms with Gasteiger partial charge in [-0.15, -0.1) is 0 Å². The normalized spacial score (nSPS) is 13.3. The molecule has 2 aromatic rings. The first-order valence-electron chi connectivity index (χ1n) is 5.46. The summed E-state index contributed by atoms with van der Waals surface area (Å²) in [5.74, 6) is 0.0583. The molecule has 0 radical (unpaired) electrons. The number of carbonyl (C=O) groups is 1. The minimum atomic E-state index is -0.0760. The van der Waals surface area contributed by atoms with Crippen LogP contribution in [0.1, 0.15) is 28.4 Å². The zero-order valence-electron chi connectivity index (χ0n) is 9.08. The van der Waals surface area contributed by atoms with Gasteiger partial charge in [-0.25, -0.2) is 0 Å². The van der Waals surface area contributed by atoms with E-state index in [1.165, 1.54) is 18.1 Å². The highest BCUT2D eigenvalue weighted by atomic mass is 16.3. The van der Waals surface area contributed by atoms with Gasteiger partial charge in [-0.1, -0.05) is 18.2 Å². The highest BCUT2D eigenvalue weighted by Crippen LogP contribution is 2.38. The van der Waals surface area contributed by atoms with Gasteiger partial charge in [-0.3, -0.25) is 4.79 Å². The number of benzene rings is 2. The van der Waals surface area contributed by atoms with Gasteiger partial charge in [0.15, 0.2) is 5.78 Å². The smallest absolute Gasteiger partial charge is 0.163 e. The van der Waals surface area contributed by atoms with Gasteiger partial charge in [-0.05, 0) is 42.3 Å². The minimum Gasteiger partial charge on any atom is -0.507 e. The lowest BCUT2D eigenvalue weighted by atomic mass is 9.98. The molecule has 0 saturated carbocycles. The number of hydrogen-bond donors (Lipinski definition) is 1. The summed E-state index contributed by atoms with van der Waals surface area (Å²) in [5.41, 5.74) is 2.91. The van der Waals surface area contributed by atoms with Crippen LogP contribution >= 0.6 is 0 Å².